The highest BCUT2D eigenvalue weighted by Gasteiger charge is 2.19. The predicted molar refractivity (Wildman–Crippen MR) is 89.2 cm³/mol. The summed E-state index contributed by atoms with van der Waals surface area (Å²) in [6, 6.07) is 4.10. The lowest BCUT2D eigenvalue weighted by Gasteiger charge is -2.22. The van der Waals surface area contributed by atoms with Gasteiger partial charge in [0.15, 0.2) is 17.5 Å². The van der Waals surface area contributed by atoms with E-state index in [1.807, 2.05) is 10.6 Å². The lowest BCUT2D eigenvalue weighted by atomic mass is 10.2. The Morgan fingerprint density at radius 3 is 2.84 bits per heavy atom. The molecule has 1 aliphatic heterocycles. The first-order chi connectivity index (χ1) is 12.2. The van der Waals surface area contributed by atoms with Crippen LogP contribution < -0.4 is 4.90 Å². The van der Waals surface area contributed by atoms with Crippen LogP contribution in [-0.4, -0.2) is 50.7 Å². The zero-order valence-electron chi connectivity index (χ0n) is 13.6. The molecule has 0 atom stereocenters. The smallest absolute Gasteiger partial charge is 0.203 e. The highest BCUT2D eigenvalue weighted by molar-refractivity contribution is 5.63. The summed E-state index contributed by atoms with van der Waals surface area (Å²) in [5.41, 5.74) is 1.53. The fourth-order valence-electron chi connectivity index (χ4n) is 3.21. The molecule has 0 aliphatic carbocycles. The molecule has 3 aromatic rings. The van der Waals surface area contributed by atoms with E-state index in [-0.39, 0.29) is 0 Å². The predicted octanol–water partition coefficient (Wildman–Crippen LogP) is 2.11. The van der Waals surface area contributed by atoms with Crippen molar-refractivity contribution in [3.63, 3.8) is 0 Å². The Bertz CT molecular complexity index is 880. The average molecular weight is 344 g/mol. The van der Waals surface area contributed by atoms with Crippen molar-refractivity contribution >= 4 is 11.5 Å². The van der Waals surface area contributed by atoms with E-state index in [1.165, 1.54) is 12.1 Å². The van der Waals surface area contributed by atoms with Crippen LogP contribution in [0.2, 0.25) is 0 Å². The minimum Gasteiger partial charge on any atom is -0.352 e. The van der Waals surface area contributed by atoms with Crippen molar-refractivity contribution < 1.29 is 8.78 Å². The van der Waals surface area contributed by atoms with Crippen LogP contribution in [0.3, 0.4) is 0 Å². The van der Waals surface area contributed by atoms with Crippen molar-refractivity contribution in [3.8, 4) is 0 Å². The van der Waals surface area contributed by atoms with E-state index in [0.717, 1.165) is 49.6 Å². The van der Waals surface area contributed by atoms with E-state index < -0.39 is 11.6 Å². The molecule has 1 fully saturated rings. The van der Waals surface area contributed by atoms with Crippen LogP contribution in [0.4, 0.5) is 14.6 Å². The van der Waals surface area contributed by atoms with Gasteiger partial charge in [0, 0.05) is 45.1 Å². The van der Waals surface area contributed by atoms with Gasteiger partial charge in [0.1, 0.15) is 6.33 Å². The number of rotatable bonds is 3. The van der Waals surface area contributed by atoms with Gasteiger partial charge in [-0.15, -0.1) is 10.2 Å². The van der Waals surface area contributed by atoms with Crippen molar-refractivity contribution in [2.45, 2.75) is 13.0 Å². The average Bonchev–Trinajstić information content (AvgIpc) is 2.98. The fourth-order valence-corrected chi connectivity index (χ4v) is 3.21. The molecule has 0 bridgehead atoms. The molecule has 4 rings (SSSR count). The molecule has 8 heteroatoms. The fraction of sp³-hybridized carbons (Fsp3) is 0.353. The zero-order valence-corrected chi connectivity index (χ0v) is 13.6. The van der Waals surface area contributed by atoms with E-state index >= 15 is 0 Å². The van der Waals surface area contributed by atoms with Crippen molar-refractivity contribution in [3.05, 3.63) is 54.1 Å². The first-order valence-electron chi connectivity index (χ1n) is 8.26. The number of aromatic nitrogens is 4. The monoisotopic (exact) mass is 344 g/mol. The van der Waals surface area contributed by atoms with E-state index in [1.54, 1.807) is 18.6 Å². The van der Waals surface area contributed by atoms with Crippen molar-refractivity contribution in [1.82, 2.24) is 24.5 Å². The summed E-state index contributed by atoms with van der Waals surface area (Å²) in [4.78, 5) is 8.92. The van der Waals surface area contributed by atoms with E-state index in [0.29, 0.717) is 6.54 Å². The lowest BCUT2D eigenvalue weighted by molar-refractivity contribution is 0.284. The van der Waals surface area contributed by atoms with Gasteiger partial charge in [-0.05, 0) is 24.1 Å². The third-order valence-corrected chi connectivity index (χ3v) is 4.48. The molecule has 2 aromatic heterocycles. The molecule has 25 heavy (non-hydrogen) atoms. The first kappa shape index (κ1) is 15.9. The highest BCUT2D eigenvalue weighted by atomic mass is 19.2. The summed E-state index contributed by atoms with van der Waals surface area (Å²) in [6.45, 7) is 3.98. The Kier molecular flexibility index (Phi) is 4.27. The third kappa shape index (κ3) is 3.30. The minimum absolute atomic E-state index is 0.605. The summed E-state index contributed by atoms with van der Waals surface area (Å²) < 4.78 is 28.3. The van der Waals surface area contributed by atoms with Gasteiger partial charge in [-0.1, -0.05) is 6.07 Å². The molecule has 0 spiro atoms. The first-order valence-corrected chi connectivity index (χ1v) is 8.26. The summed E-state index contributed by atoms with van der Waals surface area (Å²) in [7, 11) is 0. The number of fused-ring (bicyclic) bond motifs is 1. The molecule has 3 heterocycles. The topological polar surface area (TPSA) is 49.6 Å². The third-order valence-electron chi connectivity index (χ3n) is 4.48. The molecule has 1 aromatic carbocycles. The second-order valence-electron chi connectivity index (χ2n) is 6.18. The van der Waals surface area contributed by atoms with E-state index in [2.05, 4.69) is 25.0 Å². The molecule has 0 saturated carbocycles. The van der Waals surface area contributed by atoms with Gasteiger partial charge in [-0.3, -0.25) is 9.30 Å². The van der Waals surface area contributed by atoms with Gasteiger partial charge in [0.25, 0.3) is 0 Å². The van der Waals surface area contributed by atoms with E-state index in [9.17, 15) is 8.78 Å². The summed E-state index contributed by atoms with van der Waals surface area (Å²) in [5.74, 6) is -0.774. The van der Waals surface area contributed by atoms with Gasteiger partial charge in [-0.2, -0.15) is 0 Å². The molecule has 0 unspecified atom stereocenters. The Labute approximate surface area is 143 Å². The number of anilines is 1. The van der Waals surface area contributed by atoms with Gasteiger partial charge >= 0.3 is 0 Å². The molecule has 130 valence electrons. The SMILES string of the molecule is Fc1ccc(CN2CCCN(c3nccn4cnnc34)CC2)cc1F. The molecular weight excluding hydrogens is 326 g/mol. The van der Waals surface area contributed by atoms with Crippen molar-refractivity contribution in [2.75, 3.05) is 31.1 Å². The number of halogens is 2. The quantitative estimate of drug-likeness (QED) is 0.728. The minimum atomic E-state index is -0.807. The molecule has 0 amide bonds. The van der Waals surface area contributed by atoms with E-state index in [4.69, 9.17) is 0 Å². The zero-order chi connectivity index (χ0) is 17.2. The summed E-state index contributed by atoms with van der Waals surface area (Å²) in [5, 5.41) is 8.08. The van der Waals surface area contributed by atoms with Gasteiger partial charge < -0.3 is 4.90 Å². The molecular formula is C17H18F2N6. The van der Waals surface area contributed by atoms with Crippen LogP contribution in [0, 0.1) is 11.6 Å². The highest BCUT2D eigenvalue weighted by Crippen LogP contribution is 2.19. The number of benzene rings is 1. The van der Waals surface area contributed by atoms with Crippen LogP contribution in [0.25, 0.3) is 5.65 Å². The van der Waals surface area contributed by atoms with Crippen molar-refractivity contribution in [2.24, 2.45) is 0 Å². The lowest BCUT2D eigenvalue weighted by Crippen LogP contribution is -2.31. The van der Waals surface area contributed by atoms with Crippen LogP contribution in [-0.2, 0) is 6.54 Å². The second-order valence-corrected chi connectivity index (χ2v) is 6.18. The molecule has 6 nitrogen and oxygen atoms in total. The van der Waals surface area contributed by atoms with Crippen molar-refractivity contribution in [1.29, 1.82) is 0 Å². The Morgan fingerprint density at radius 1 is 1.04 bits per heavy atom. The Balaban J connectivity index is 1.46. The van der Waals surface area contributed by atoms with Gasteiger partial charge in [-0.25, -0.2) is 13.8 Å². The summed E-state index contributed by atoms with van der Waals surface area (Å²) >= 11 is 0. The molecule has 1 aliphatic rings. The Hall–Kier alpha value is -2.61. The molecule has 0 radical (unpaired) electrons. The number of hydrogen-bond acceptors (Lipinski definition) is 5. The van der Waals surface area contributed by atoms with Crippen LogP contribution in [0.15, 0.2) is 36.9 Å². The normalized spacial score (nSPS) is 16.3. The largest absolute Gasteiger partial charge is 0.352 e. The Morgan fingerprint density at radius 2 is 1.96 bits per heavy atom. The molecule has 1 saturated heterocycles. The molecule has 0 N–H and O–H groups in total. The maximum atomic E-state index is 13.4. The summed E-state index contributed by atoms with van der Waals surface area (Å²) in [6.07, 6.45) is 6.19. The second kappa shape index (κ2) is 6.72. The number of nitrogens with zero attached hydrogens (tertiary/aromatic N) is 6. The van der Waals surface area contributed by atoms with Crippen LogP contribution >= 0.6 is 0 Å². The maximum absolute atomic E-state index is 13.4. The number of hydrogen-bond donors (Lipinski definition) is 0. The van der Waals surface area contributed by atoms with Crippen LogP contribution in [0.1, 0.15) is 12.0 Å². The van der Waals surface area contributed by atoms with Gasteiger partial charge in [0.05, 0.1) is 0 Å². The maximum Gasteiger partial charge on any atom is 0.203 e. The van der Waals surface area contributed by atoms with Crippen LogP contribution in [0.5, 0.6) is 0 Å². The van der Waals surface area contributed by atoms with Gasteiger partial charge in [0.2, 0.25) is 5.65 Å². The standard InChI is InChI=1S/C17H18F2N6/c18-14-3-2-13(10-15(14)19)11-23-5-1-6-24(9-8-23)16-17-22-21-12-25(17)7-4-20-16/h2-4,7,10,12H,1,5-6,8-9,11H2.